The molecule has 0 saturated carbocycles. The summed E-state index contributed by atoms with van der Waals surface area (Å²) in [5.74, 6) is 0. The Kier molecular flexibility index (Phi) is 8.62. The molecule has 0 fully saturated rings. The van der Waals surface area contributed by atoms with Crippen LogP contribution < -0.4 is 0 Å². The van der Waals surface area contributed by atoms with Crippen LogP contribution in [-0.4, -0.2) is 57.5 Å². The van der Waals surface area contributed by atoms with Gasteiger partial charge in [0.25, 0.3) is 0 Å². The number of aliphatic hydroxyl groups is 2. The van der Waals surface area contributed by atoms with E-state index >= 15 is 0 Å². The first-order chi connectivity index (χ1) is 3.63. The van der Waals surface area contributed by atoms with E-state index in [1.165, 1.54) is 0 Å². The van der Waals surface area contributed by atoms with Crippen LogP contribution in [0.15, 0.2) is 0 Å². The minimum absolute atomic E-state index is 0. The molecule has 0 aliphatic rings. The first kappa shape index (κ1) is 12.0. The van der Waals surface area contributed by atoms with Crippen LogP contribution in [0.1, 0.15) is 6.42 Å². The molecule has 0 rings (SSSR count). The average Bonchev–Trinajstić information content (AvgIpc) is 1.61. The zero-order chi connectivity index (χ0) is 6.57. The molecule has 0 heterocycles. The maximum atomic E-state index is 9.49. The van der Waals surface area contributed by atoms with E-state index in [0.717, 1.165) is 0 Å². The average molecular weight is 145 g/mol. The van der Waals surface area contributed by atoms with Crippen LogP contribution in [0.4, 0.5) is 0 Å². The Balaban J connectivity index is 0. The Morgan fingerprint density at radius 1 is 1.56 bits per heavy atom. The van der Waals surface area contributed by atoms with Crippen molar-refractivity contribution in [3.63, 3.8) is 0 Å². The van der Waals surface area contributed by atoms with Gasteiger partial charge in [0, 0.05) is 4.92 Å². The van der Waals surface area contributed by atoms with E-state index < -0.39 is 17.8 Å². The van der Waals surface area contributed by atoms with E-state index in [1.54, 1.807) is 0 Å². The third kappa shape index (κ3) is 11.7. The number of aliphatic hydroxyl groups excluding tert-OH is 1. The standard InChI is InChI=1S/C3H7NO4.Na.H/c5-3(6)1-2-4(7)8;;/h3,5-6H,1-2H2;;. The molecule has 0 aliphatic carbocycles. The van der Waals surface area contributed by atoms with Gasteiger partial charge in [0.15, 0.2) is 6.29 Å². The van der Waals surface area contributed by atoms with Crippen molar-refractivity contribution < 1.29 is 15.1 Å². The van der Waals surface area contributed by atoms with Gasteiger partial charge in [-0.3, -0.25) is 10.1 Å². The molecule has 5 nitrogen and oxygen atoms in total. The van der Waals surface area contributed by atoms with Gasteiger partial charge < -0.3 is 10.2 Å². The Labute approximate surface area is 74.1 Å². The van der Waals surface area contributed by atoms with E-state index in [9.17, 15) is 10.1 Å². The van der Waals surface area contributed by atoms with Crippen LogP contribution in [0.2, 0.25) is 0 Å². The number of hydrogen-bond donors (Lipinski definition) is 2. The van der Waals surface area contributed by atoms with Gasteiger partial charge in [-0.2, -0.15) is 0 Å². The fraction of sp³-hybridized carbons (Fsp3) is 1.00. The van der Waals surface area contributed by atoms with Gasteiger partial charge in [-0.15, -0.1) is 0 Å². The van der Waals surface area contributed by atoms with Crippen molar-refractivity contribution >= 4 is 29.6 Å². The zero-order valence-electron chi connectivity index (χ0n) is 4.15. The third-order valence-corrected chi connectivity index (χ3v) is 0.570. The van der Waals surface area contributed by atoms with Crippen LogP contribution in [-0.2, 0) is 0 Å². The molecular weight excluding hydrogens is 137 g/mol. The van der Waals surface area contributed by atoms with E-state index in [0.29, 0.717) is 0 Å². The van der Waals surface area contributed by atoms with Crippen molar-refractivity contribution in [2.24, 2.45) is 0 Å². The van der Waals surface area contributed by atoms with Gasteiger partial charge in [-0.1, -0.05) is 0 Å². The van der Waals surface area contributed by atoms with Crippen LogP contribution in [0.5, 0.6) is 0 Å². The van der Waals surface area contributed by atoms with Crippen LogP contribution in [0.3, 0.4) is 0 Å². The molecule has 0 aromatic carbocycles. The van der Waals surface area contributed by atoms with Crippen molar-refractivity contribution in [1.82, 2.24) is 0 Å². The first-order valence-corrected chi connectivity index (χ1v) is 2.11. The van der Waals surface area contributed by atoms with Crippen LogP contribution in [0, 0.1) is 10.1 Å². The molecule has 6 heteroatoms. The van der Waals surface area contributed by atoms with E-state index in [4.69, 9.17) is 10.2 Å². The molecule has 50 valence electrons. The van der Waals surface area contributed by atoms with Gasteiger partial charge in [0.05, 0.1) is 6.42 Å². The molecule has 0 aromatic rings. The maximum absolute atomic E-state index is 9.49. The number of nitro groups is 1. The molecule has 0 unspecified atom stereocenters. The minimum atomic E-state index is -1.56. The molecule has 9 heavy (non-hydrogen) atoms. The molecule has 2 N–H and O–H groups in total. The molecule has 0 radical (unpaired) electrons. The Morgan fingerprint density at radius 2 is 2.00 bits per heavy atom. The second kappa shape index (κ2) is 6.44. The summed E-state index contributed by atoms with van der Waals surface area (Å²) in [7, 11) is 0. The number of nitrogens with zero attached hydrogens (tertiary/aromatic N) is 1. The molecule has 0 spiro atoms. The van der Waals surface area contributed by atoms with Gasteiger partial charge in [0.1, 0.15) is 0 Å². The van der Waals surface area contributed by atoms with Gasteiger partial charge in [-0.25, -0.2) is 0 Å². The zero-order valence-corrected chi connectivity index (χ0v) is 4.15. The SMILES string of the molecule is O=[N+]([O-])CCC(O)O.[NaH]. The van der Waals surface area contributed by atoms with Crippen molar-refractivity contribution in [2.45, 2.75) is 12.7 Å². The molecular formula is C3H8NNaO4. The molecule has 0 aromatic heterocycles. The van der Waals surface area contributed by atoms with Crippen molar-refractivity contribution in [1.29, 1.82) is 0 Å². The molecule has 0 bridgehead atoms. The second-order valence-electron chi connectivity index (χ2n) is 1.33. The summed E-state index contributed by atoms with van der Waals surface area (Å²) in [5.41, 5.74) is 0. The first-order valence-electron chi connectivity index (χ1n) is 2.11. The summed E-state index contributed by atoms with van der Waals surface area (Å²) >= 11 is 0. The van der Waals surface area contributed by atoms with Gasteiger partial charge in [-0.05, 0) is 0 Å². The normalized spacial score (nSPS) is 8.78. The predicted octanol–water partition coefficient (Wildman–Crippen LogP) is -1.68. The van der Waals surface area contributed by atoms with E-state index in [-0.39, 0.29) is 36.0 Å². The summed E-state index contributed by atoms with van der Waals surface area (Å²) in [6, 6.07) is 0. The summed E-state index contributed by atoms with van der Waals surface area (Å²) in [6.07, 6.45) is -1.76. The summed E-state index contributed by atoms with van der Waals surface area (Å²) in [5, 5.41) is 25.6. The third-order valence-electron chi connectivity index (χ3n) is 0.570. The monoisotopic (exact) mass is 145 g/mol. The topological polar surface area (TPSA) is 83.6 Å². The fourth-order valence-corrected chi connectivity index (χ4v) is 0.221. The van der Waals surface area contributed by atoms with E-state index in [2.05, 4.69) is 0 Å². The van der Waals surface area contributed by atoms with Gasteiger partial charge in [0.2, 0.25) is 6.54 Å². The summed E-state index contributed by atoms with van der Waals surface area (Å²) < 4.78 is 0. The van der Waals surface area contributed by atoms with Crippen molar-refractivity contribution in [3.8, 4) is 0 Å². The van der Waals surface area contributed by atoms with Gasteiger partial charge >= 0.3 is 29.6 Å². The Hall–Kier alpha value is 0.320. The number of rotatable bonds is 3. The summed E-state index contributed by atoms with van der Waals surface area (Å²) in [6.45, 7) is -0.391. The predicted molar refractivity (Wildman–Crippen MR) is 31.9 cm³/mol. The molecule has 0 saturated heterocycles. The molecule has 0 amide bonds. The Morgan fingerprint density at radius 3 is 2.11 bits per heavy atom. The van der Waals surface area contributed by atoms with E-state index in [1.807, 2.05) is 0 Å². The van der Waals surface area contributed by atoms with Crippen molar-refractivity contribution in [2.75, 3.05) is 6.54 Å². The van der Waals surface area contributed by atoms with Crippen molar-refractivity contribution in [3.05, 3.63) is 10.1 Å². The van der Waals surface area contributed by atoms with Crippen LogP contribution in [0.25, 0.3) is 0 Å². The quantitative estimate of drug-likeness (QED) is 0.215. The van der Waals surface area contributed by atoms with Crippen LogP contribution >= 0.6 is 0 Å². The Bertz CT molecular complexity index is 85.9. The molecule has 0 aliphatic heterocycles. The summed E-state index contributed by atoms with van der Waals surface area (Å²) in [4.78, 5) is 8.89. The molecule has 0 atom stereocenters. The second-order valence-corrected chi connectivity index (χ2v) is 1.33. The fourth-order valence-electron chi connectivity index (χ4n) is 0.221. The number of hydrogen-bond acceptors (Lipinski definition) is 4.